The Bertz CT molecular complexity index is 933. The van der Waals surface area contributed by atoms with E-state index < -0.39 is 5.25 Å². The first-order chi connectivity index (χ1) is 15.6. The highest BCUT2D eigenvalue weighted by atomic mass is 32.2. The number of rotatable bonds is 10. The molecule has 0 spiro atoms. The van der Waals surface area contributed by atoms with Crippen LogP contribution in [0, 0.1) is 0 Å². The Morgan fingerprint density at radius 3 is 2.56 bits per heavy atom. The normalized spacial score (nSPS) is 17.4. The second kappa shape index (κ2) is 12.3. The molecule has 0 aliphatic carbocycles. The van der Waals surface area contributed by atoms with Gasteiger partial charge in [0, 0.05) is 13.0 Å². The molecule has 1 heterocycles. The van der Waals surface area contributed by atoms with E-state index in [1.165, 1.54) is 31.0 Å². The lowest BCUT2D eigenvalue weighted by Crippen LogP contribution is -2.45. The molecule has 1 aliphatic heterocycles. The Kier molecular flexibility index (Phi) is 9.16. The van der Waals surface area contributed by atoms with E-state index in [-0.39, 0.29) is 18.2 Å². The van der Waals surface area contributed by atoms with Crippen molar-refractivity contribution in [2.75, 3.05) is 19.0 Å². The van der Waals surface area contributed by atoms with E-state index in [1.54, 1.807) is 24.1 Å². The van der Waals surface area contributed by atoms with Gasteiger partial charge in [0.15, 0.2) is 5.17 Å². The summed E-state index contributed by atoms with van der Waals surface area (Å²) >= 11 is 1.35. The van der Waals surface area contributed by atoms with E-state index in [0.29, 0.717) is 23.1 Å². The third-order valence-corrected chi connectivity index (χ3v) is 6.45. The van der Waals surface area contributed by atoms with E-state index in [9.17, 15) is 9.59 Å². The number of anilines is 1. The number of amides is 2. The highest BCUT2D eigenvalue weighted by Gasteiger charge is 2.35. The standard InChI is InChI=1S/C25H31N3O3S/c1-3-4-5-6-12-17-28-23(29)18-22(32-25(28)26-19-13-8-7-9-14-19)24(30)27-20-15-10-11-16-21(20)31-2/h7-11,13-16,22H,3-6,12,17-18H2,1-2H3,(H,27,30). The Morgan fingerprint density at radius 2 is 1.81 bits per heavy atom. The second-order valence-electron chi connectivity index (χ2n) is 7.69. The number of ether oxygens (including phenoxy) is 1. The Labute approximate surface area is 194 Å². The first kappa shape index (κ1) is 23.9. The average Bonchev–Trinajstić information content (AvgIpc) is 2.81. The topological polar surface area (TPSA) is 71.0 Å². The number of carbonyl (C=O) groups is 2. The summed E-state index contributed by atoms with van der Waals surface area (Å²) in [7, 11) is 1.56. The summed E-state index contributed by atoms with van der Waals surface area (Å²) in [5, 5.41) is 2.94. The summed E-state index contributed by atoms with van der Waals surface area (Å²) in [6, 6.07) is 16.8. The van der Waals surface area contributed by atoms with E-state index in [1.807, 2.05) is 42.5 Å². The van der Waals surface area contributed by atoms with Gasteiger partial charge < -0.3 is 10.1 Å². The van der Waals surface area contributed by atoms with Crippen LogP contribution in [0.3, 0.4) is 0 Å². The molecule has 170 valence electrons. The quantitative estimate of drug-likeness (QED) is 0.474. The molecular formula is C25H31N3O3S. The Balaban J connectivity index is 1.75. The van der Waals surface area contributed by atoms with Crippen LogP contribution in [-0.2, 0) is 9.59 Å². The monoisotopic (exact) mass is 453 g/mol. The van der Waals surface area contributed by atoms with Crippen LogP contribution in [-0.4, -0.2) is 40.8 Å². The van der Waals surface area contributed by atoms with Gasteiger partial charge in [-0.05, 0) is 30.7 Å². The van der Waals surface area contributed by atoms with Gasteiger partial charge in [0.25, 0.3) is 0 Å². The molecule has 32 heavy (non-hydrogen) atoms. The summed E-state index contributed by atoms with van der Waals surface area (Å²) in [5.41, 5.74) is 1.36. The van der Waals surface area contributed by atoms with Crippen molar-refractivity contribution >= 4 is 40.1 Å². The second-order valence-corrected chi connectivity index (χ2v) is 8.86. The molecule has 1 saturated heterocycles. The third kappa shape index (κ3) is 6.60. The summed E-state index contributed by atoms with van der Waals surface area (Å²) in [6.45, 7) is 2.81. The molecule has 1 fully saturated rings. The highest BCUT2D eigenvalue weighted by Crippen LogP contribution is 2.31. The lowest BCUT2D eigenvalue weighted by molar-refractivity contribution is -0.129. The van der Waals surface area contributed by atoms with Crippen molar-refractivity contribution < 1.29 is 14.3 Å². The van der Waals surface area contributed by atoms with Crippen LogP contribution >= 0.6 is 11.8 Å². The Morgan fingerprint density at radius 1 is 1.09 bits per heavy atom. The minimum absolute atomic E-state index is 0.0610. The van der Waals surface area contributed by atoms with Gasteiger partial charge in [-0.3, -0.25) is 14.5 Å². The number of carbonyl (C=O) groups excluding carboxylic acids is 2. The first-order valence-electron chi connectivity index (χ1n) is 11.2. The molecule has 2 amide bonds. The lowest BCUT2D eigenvalue weighted by Gasteiger charge is -2.32. The maximum Gasteiger partial charge on any atom is 0.238 e. The smallest absolute Gasteiger partial charge is 0.238 e. The maximum absolute atomic E-state index is 13.0. The van der Waals surface area contributed by atoms with E-state index in [4.69, 9.17) is 9.73 Å². The van der Waals surface area contributed by atoms with Crippen molar-refractivity contribution in [2.45, 2.75) is 50.7 Å². The fraction of sp³-hybridized carbons (Fsp3) is 0.400. The van der Waals surface area contributed by atoms with Gasteiger partial charge in [0.1, 0.15) is 11.0 Å². The molecule has 0 bridgehead atoms. The number of nitrogens with zero attached hydrogens (tertiary/aromatic N) is 2. The summed E-state index contributed by atoms with van der Waals surface area (Å²) < 4.78 is 5.32. The minimum Gasteiger partial charge on any atom is -0.495 e. The van der Waals surface area contributed by atoms with Gasteiger partial charge >= 0.3 is 0 Å². The number of nitrogens with one attached hydrogen (secondary N) is 1. The van der Waals surface area contributed by atoms with Crippen molar-refractivity contribution in [3.63, 3.8) is 0 Å². The van der Waals surface area contributed by atoms with Crippen molar-refractivity contribution in [3.8, 4) is 5.75 Å². The first-order valence-corrected chi connectivity index (χ1v) is 12.0. The lowest BCUT2D eigenvalue weighted by atomic mass is 10.1. The van der Waals surface area contributed by atoms with Crippen molar-refractivity contribution in [3.05, 3.63) is 54.6 Å². The summed E-state index contributed by atoms with van der Waals surface area (Å²) in [5.74, 6) is 0.296. The zero-order valence-electron chi connectivity index (χ0n) is 18.8. The highest BCUT2D eigenvalue weighted by molar-refractivity contribution is 8.15. The van der Waals surface area contributed by atoms with Gasteiger partial charge in [-0.2, -0.15) is 0 Å². The fourth-order valence-electron chi connectivity index (χ4n) is 3.51. The van der Waals surface area contributed by atoms with E-state index in [0.717, 1.165) is 18.5 Å². The number of hydrogen-bond donors (Lipinski definition) is 1. The molecule has 0 radical (unpaired) electrons. The number of hydrogen-bond acceptors (Lipinski definition) is 5. The van der Waals surface area contributed by atoms with Crippen LogP contribution in [0.15, 0.2) is 59.6 Å². The van der Waals surface area contributed by atoms with Crippen LogP contribution in [0.5, 0.6) is 5.75 Å². The molecule has 2 aromatic rings. The molecule has 1 unspecified atom stereocenters. The number of thioether (sulfide) groups is 1. The average molecular weight is 454 g/mol. The predicted molar refractivity (Wildman–Crippen MR) is 132 cm³/mol. The largest absolute Gasteiger partial charge is 0.495 e. The number of benzene rings is 2. The van der Waals surface area contributed by atoms with E-state index >= 15 is 0 Å². The van der Waals surface area contributed by atoms with Crippen molar-refractivity contribution in [2.24, 2.45) is 4.99 Å². The molecule has 0 aromatic heterocycles. The number of amidine groups is 1. The molecule has 7 heteroatoms. The van der Waals surface area contributed by atoms with Gasteiger partial charge in [-0.25, -0.2) is 4.99 Å². The van der Waals surface area contributed by atoms with Gasteiger partial charge in [0.2, 0.25) is 11.8 Å². The number of unbranched alkanes of at least 4 members (excludes halogenated alkanes) is 4. The summed E-state index contributed by atoms with van der Waals surface area (Å²) in [6.07, 6.45) is 5.72. The van der Waals surface area contributed by atoms with Gasteiger partial charge in [0.05, 0.1) is 18.5 Å². The van der Waals surface area contributed by atoms with Crippen molar-refractivity contribution in [1.82, 2.24) is 4.90 Å². The minimum atomic E-state index is -0.550. The van der Waals surface area contributed by atoms with Gasteiger partial charge in [-0.1, -0.05) is 74.7 Å². The van der Waals surface area contributed by atoms with Gasteiger partial charge in [-0.15, -0.1) is 0 Å². The van der Waals surface area contributed by atoms with Crippen LogP contribution < -0.4 is 10.1 Å². The number of methoxy groups -OCH3 is 1. The molecule has 1 atom stereocenters. The fourth-order valence-corrected chi connectivity index (χ4v) is 4.63. The molecule has 2 aromatic carbocycles. The molecular weight excluding hydrogens is 422 g/mol. The maximum atomic E-state index is 13.0. The third-order valence-electron chi connectivity index (χ3n) is 5.26. The van der Waals surface area contributed by atoms with E-state index in [2.05, 4.69) is 12.2 Å². The van der Waals surface area contributed by atoms with Crippen LogP contribution in [0.2, 0.25) is 0 Å². The SMILES string of the molecule is CCCCCCCN1C(=O)CC(C(=O)Nc2ccccc2OC)SC1=Nc1ccccc1. The van der Waals surface area contributed by atoms with Crippen LogP contribution in [0.1, 0.15) is 45.4 Å². The molecule has 0 saturated carbocycles. The number of para-hydroxylation sites is 3. The molecule has 1 aliphatic rings. The zero-order chi connectivity index (χ0) is 22.8. The van der Waals surface area contributed by atoms with Crippen molar-refractivity contribution in [1.29, 1.82) is 0 Å². The summed E-state index contributed by atoms with van der Waals surface area (Å²) in [4.78, 5) is 32.5. The molecule has 6 nitrogen and oxygen atoms in total. The Hall–Kier alpha value is -2.80. The van der Waals surface area contributed by atoms with Crippen LogP contribution in [0.4, 0.5) is 11.4 Å². The molecule has 1 N–H and O–H groups in total. The zero-order valence-corrected chi connectivity index (χ0v) is 19.6. The predicted octanol–water partition coefficient (Wildman–Crippen LogP) is 5.63. The molecule has 3 rings (SSSR count). The number of aliphatic imine (C=N–C) groups is 1. The van der Waals surface area contributed by atoms with Crippen LogP contribution in [0.25, 0.3) is 0 Å².